The van der Waals surface area contributed by atoms with Gasteiger partial charge in [0.1, 0.15) is 0 Å². The van der Waals surface area contributed by atoms with Crippen molar-refractivity contribution in [2.75, 3.05) is 32.1 Å². The van der Waals surface area contributed by atoms with Crippen molar-refractivity contribution >= 4 is 23.1 Å². The molecule has 0 bridgehead atoms. The lowest BCUT2D eigenvalue weighted by molar-refractivity contribution is -0.121. The Labute approximate surface area is 195 Å². The molecule has 2 aliphatic heterocycles. The number of esters is 1. The van der Waals surface area contributed by atoms with Crippen molar-refractivity contribution in [3.05, 3.63) is 70.8 Å². The number of nitrogens with zero attached hydrogens (tertiary/aromatic N) is 1. The summed E-state index contributed by atoms with van der Waals surface area (Å²) in [6.07, 6.45) is 8.97. The molecule has 172 valence electrons. The molecule has 1 unspecified atom stereocenters. The smallest absolute Gasteiger partial charge is 0.338 e. The molecule has 5 heteroatoms. The summed E-state index contributed by atoms with van der Waals surface area (Å²) in [5.74, 6) is -0.204. The van der Waals surface area contributed by atoms with Gasteiger partial charge in [-0.3, -0.25) is 9.69 Å². The Kier molecular flexibility index (Phi) is 6.07. The van der Waals surface area contributed by atoms with Crippen LogP contribution in [0.15, 0.2) is 48.5 Å². The molecule has 0 aromatic heterocycles. The third-order valence-electron chi connectivity index (χ3n) is 7.68. The Bertz CT molecular complexity index is 1090. The molecule has 5 nitrogen and oxygen atoms in total. The second kappa shape index (κ2) is 9.14. The average Bonchev–Trinajstić information content (AvgIpc) is 3.15. The topological polar surface area (TPSA) is 58.6 Å². The summed E-state index contributed by atoms with van der Waals surface area (Å²) in [6.45, 7) is 3.13. The van der Waals surface area contributed by atoms with Crippen molar-refractivity contribution in [2.45, 2.75) is 50.4 Å². The third kappa shape index (κ3) is 3.99. The van der Waals surface area contributed by atoms with Gasteiger partial charge in [0, 0.05) is 18.8 Å². The quantitative estimate of drug-likeness (QED) is 0.484. The van der Waals surface area contributed by atoms with Gasteiger partial charge >= 0.3 is 5.97 Å². The lowest BCUT2D eigenvalue weighted by Crippen LogP contribution is -2.38. The van der Waals surface area contributed by atoms with Gasteiger partial charge in [0.2, 0.25) is 5.91 Å². The number of anilines is 1. The molecule has 5 rings (SSSR count). The van der Waals surface area contributed by atoms with Crippen molar-refractivity contribution in [1.29, 1.82) is 0 Å². The van der Waals surface area contributed by atoms with Crippen LogP contribution in [0.3, 0.4) is 0 Å². The summed E-state index contributed by atoms with van der Waals surface area (Å²) in [5, 5.41) is 3.11. The van der Waals surface area contributed by atoms with E-state index in [0.29, 0.717) is 5.56 Å². The van der Waals surface area contributed by atoms with Gasteiger partial charge in [-0.1, -0.05) is 42.8 Å². The van der Waals surface area contributed by atoms with E-state index in [0.717, 1.165) is 81.4 Å². The number of carbonyl (C=O) groups is 2. The van der Waals surface area contributed by atoms with Crippen LogP contribution in [0.2, 0.25) is 0 Å². The van der Waals surface area contributed by atoms with E-state index in [1.807, 2.05) is 6.07 Å². The number of carbonyl (C=O) groups excluding carboxylic acids is 2. The molecule has 1 amide bonds. The maximum absolute atomic E-state index is 13.1. The van der Waals surface area contributed by atoms with Crippen molar-refractivity contribution in [3.63, 3.8) is 0 Å². The van der Waals surface area contributed by atoms with Gasteiger partial charge in [-0.05, 0) is 79.5 Å². The molecule has 2 heterocycles. The fourth-order valence-corrected chi connectivity index (χ4v) is 5.97. The number of hydrogen-bond acceptors (Lipinski definition) is 4. The SMILES string of the molecule is COC(=O)c1ccc2c3c1CCCC3(CCCCN1CC=C(c3ccccc3)CC1)C(=O)N2. The highest BCUT2D eigenvalue weighted by atomic mass is 16.5. The van der Waals surface area contributed by atoms with Gasteiger partial charge in [0.05, 0.1) is 18.1 Å². The summed E-state index contributed by atoms with van der Waals surface area (Å²) >= 11 is 0. The Balaban J connectivity index is 1.23. The second-order valence-electron chi connectivity index (χ2n) is 9.50. The molecule has 0 saturated heterocycles. The number of methoxy groups -OCH3 is 1. The standard InChI is InChI=1S/C28H32N2O3/c1-33-26(31)23-11-12-24-25-22(23)10-7-16-28(25,27(32)29-24)15-5-6-17-30-18-13-21(14-19-30)20-8-3-2-4-9-20/h2-4,8-9,11-13H,5-7,10,14-19H2,1H3,(H,29,32). The fraction of sp³-hybridized carbons (Fsp3) is 0.429. The predicted molar refractivity (Wildman–Crippen MR) is 130 cm³/mol. The molecular formula is C28H32N2O3. The maximum atomic E-state index is 13.1. The van der Waals surface area contributed by atoms with E-state index in [4.69, 9.17) is 4.74 Å². The molecular weight excluding hydrogens is 412 g/mol. The van der Waals surface area contributed by atoms with Crippen LogP contribution >= 0.6 is 0 Å². The van der Waals surface area contributed by atoms with E-state index in [-0.39, 0.29) is 11.9 Å². The molecule has 33 heavy (non-hydrogen) atoms. The van der Waals surface area contributed by atoms with E-state index in [1.54, 1.807) is 6.07 Å². The van der Waals surface area contributed by atoms with E-state index < -0.39 is 5.41 Å². The monoisotopic (exact) mass is 444 g/mol. The highest BCUT2D eigenvalue weighted by Gasteiger charge is 2.49. The number of benzene rings is 2. The molecule has 0 spiro atoms. The largest absolute Gasteiger partial charge is 0.465 e. The van der Waals surface area contributed by atoms with Gasteiger partial charge in [0.15, 0.2) is 0 Å². The zero-order chi connectivity index (χ0) is 22.8. The normalized spacial score (nSPS) is 21.8. The summed E-state index contributed by atoms with van der Waals surface area (Å²) in [4.78, 5) is 28.0. The zero-order valence-corrected chi connectivity index (χ0v) is 19.4. The van der Waals surface area contributed by atoms with Crippen LogP contribution in [-0.4, -0.2) is 43.5 Å². The summed E-state index contributed by atoms with van der Waals surface area (Å²) < 4.78 is 5.00. The minimum Gasteiger partial charge on any atom is -0.465 e. The number of unbranched alkanes of at least 4 members (excludes halogenated alkanes) is 1. The number of nitrogens with one attached hydrogen (secondary N) is 1. The number of ether oxygens (including phenoxy) is 1. The van der Waals surface area contributed by atoms with Crippen LogP contribution in [0.5, 0.6) is 0 Å². The second-order valence-corrected chi connectivity index (χ2v) is 9.50. The molecule has 2 aromatic carbocycles. The van der Waals surface area contributed by atoms with Crippen molar-refractivity contribution in [1.82, 2.24) is 4.90 Å². The lowest BCUT2D eigenvalue weighted by Gasteiger charge is -2.34. The first-order valence-electron chi connectivity index (χ1n) is 12.2. The van der Waals surface area contributed by atoms with Crippen LogP contribution in [0.25, 0.3) is 5.57 Å². The van der Waals surface area contributed by atoms with Gasteiger partial charge in [0.25, 0.3) is 0 Å². The first-order chi connectivity index (χ1) is 16.1. The highest BCUT2D eigenvalue weighted by molar-refractivity contribution is 6.08. The minimum absolute atomic E-state index is 0.105. The van der Waals surface area contributed by atoms with Crippen LogP contribution in [0, 0.1) is 0 Å². The highest BCUT2D eigenvalue weighted by Crippen LogP contribution is 2.50. The third-order valence-corrected chi connectivity index (χ3v) is 7.68. The summed E-state index contributed by atoms with van der Waals surface area (Å²) in [6, 6.07) is 14.3. The van der Waals surface area contributed by atoms with Crippen molar-refractivity contribution in [3.8, 4) is 0 Å². The molecule has 0 radical (unpaired) electrons. The van der Waals surface area contributed by atoms with Crippen molar-refractivity contribution < 1.29 is 14.3 Å². The first-order valence-corrected chi connectivity index (χ1v) is 12.2. The predicted octanol–water partition coefficient (Wildman–Crippen LogP) is 4.96. The molecule has 3 aliphatic rings. The lowest BCUT2D eigenvalue weighted by atomic mass is 9.67. The zero-order valence-electron chi connectivity index (χ0n) is 19.4. The van der Waals surface area contributed by atoms with Crippen LogP contribution in [0.1, 0.15) is 65.6 Å². The average molecular weight is 445 g/mol. The molecule has 2 aromatic rings. The van der Waals surface area contributed by atoms with Crippen LogP contribution in [-0.2, 0) is 21.4 Å². The van der Waals surface area contributed by atoms with Gasteiger partial charge in [-0.25, -0.2) is 4.79 Å². The van der Waals surface area contributed by atoms with Crippen LogP contribution < -0.4 is 5.32 Å². The Hall–Kier alpha value is -2.92. The van der Waals surface area contributed by atoms with Gasteiger partial charge in [-0.15, -0.1) is 0 Å². The number of rotatable bonds is 7. The molecule has 1 N–H and O–H groups in total. The fourth-order valence-electron chi connectivity index (χ4n) is 5.97. The Morgan fingerprint density at radius 3 is 2.73 bits per heavy atom. The van der Waals surface area contributed by atoms with E-state index >= 15 is 0 Å². The molecule has 1 atom stereocenters. The van der Waals surface area contributed by atoms with E-state index in [2.05, 4.69) is 46.6 Å². The van der Waals surface area contributed by atoms with E-state index in [1.165, 1.54) is 18.2 Å². The van der Waals surface area contributed by atoms with Gasteiger partial charge < -0.3 is 10.1 Å². The number of amides is 1. The van der Waals surface area contributed by atoms with Crippen LogP contribution in [0.4, 0.5) is 5.69 Å². The molecule has 0 fully saturated rings. The molecule has 1 aliphatic carbocycles. The molecule has 0 saturated carbocycles. The Morgan fingerprint density at radius 2 is 1.97 bits per heavy atom. The van der Waals surface area contributed by atoms with Gasteiger partial charge in [-0.2, -0.15) is 0 Å². The Morgan fingerprint density at radius 1 is 1.12 bits per heavy atom. The van der Waals surface area contributed by atoms with Crippen molar-refractivity contribution in [2.24, 2.45) is 0 Å². The summed E-state index contributed by atoms with van der Waals surface area (Å²) in [5.41, 5.74) is 5.87. The minimum atomic E-state index is -0.491. The summed E-state index contributed by atoms with van der Waals surface area (Å²) in [7, 11) is 1.42. The number of hydrogen-bond donors (Lipinski definition) is 1. The first kappa shape index (κ1) is 21.9. The maximum Gasteiger partial charge on any atom is 0.338 e. The van der Waals surface area contributed by atoms with E-state index in [9.17, 15) is 9.59 Å².